The van der Waals surface area contributed by atoms with E-state index in [4.69, 9.17) is 18.9 Å². The van der Waals surface area contributed by atoms with Gasteiger partial charge in [-0.2, -0.15) is 0 Å². The molecule has 2 aliphatic rings. The van der Waals surface area contributed by atoms with Crippen LogP contribution in [0.2, 0.25) is 0 Å². The van der Waals surface area contributed by atoms with Gasteiger partial charge in [0, 0.05) is 25.3 Å². The molecule has 0 aromatic heterocycles. The molecule has 2 rings (SSSR count). The Bertz CT molecular complexity index is 1030. The summed E-state index contributed by atoms with van der Waals surface area (Å²) in [5, 5.41) is 9.22. The van der Waals surface area contributed by atoms with E-state index in [9.17, 15) is 24.3 Å². The fraction of sp³-hybridized carbons (Fsp3) is 0.481. The quantitative estimate of drug-likeness (QED) is 0.242. The molecule has 1 saturated heterocycles. The van der Waals surface area contributed by atoms with Crippen LogP contribution in [0.1, 0.15) is 47.5 Å². The van der Waals surface area contributed by atoms with Gasteiger partial charge in [-0.1, -0.05) is 30.4 Å². The average Bonchev–Trinajstić information content (AvgIpc) is 3.09. The number of fused-ring (bicyclic) bond motifs is 1. The summed E-state index contributed by atoms with van der Waals surface area (Å²) in [6.45, 7) is 11.2. The maximum absolute atomic E-state index is 13.0. The Labute approximate surface area is 211 Å². The highest BCUT2D eigenvalue weighted by atomic mass is 16.6. The predicted molar refractivity (Wildman–Crippen MR) is 130 cm³/mol. The number of hydrogen-bond donors (Lipinski definition) is 1. The maximum Gasteiger partial charge on any atom is 0.337 e. The molecule has 36 heavy (non-hydrogen) atoms. The zero-order valence-electron chi connectivity index (χ0n) is 21.4. The Morgan fingerprint density at radius 3 is 2.39 bits per heavy atom. The van der Waals surface area contributed by atoms with E-state index < -0.39 is 54.7 Å². The SMILES string of the molecule is C=C1C(=O)O[C@H]2C=C(C)[C@@H](OC(C)=O)CC=C(C)C[C@@H](OC(=O)/C(=C/C)COC(=O)/C(=C/C)CO)[C@@H]12. The number of allylic oxidation sites excluding steroid dienone is 2. The molecule has 0 saturated carbocycles. The van der Waals surface area contributed by atoms with Crippen molar-refractivity contribution >= 4 is 23.9 Å². The minimum Gasteiger partial charge on any atom is -0.458 e. The fourth-order valence-electron chi connectivity index (χ4n) is 4.01. The summed E-state index contributed by atoms with van der Waals surface area (Å²) in [4.78, 5) is 49.1. The number of esters is 4. The van der Waals surface area contributed by atoms with Crippen LogP contribution in [-0.4, -0.2) is 60.5 Å². The first-order valence-electron chi connectivity index (χ1n) is 11.7. The molecule has 9 heteroatoms. The van der Waals surface area contributed by atoms with Crippen LogP contribution < -0.4 is 0 Å². The largest absolute Gasteiger partial charge is 0.458 e. The van der Waals surface area contributed by atoms with Crippen molar-refractivity contribution in [3.8, 4) is 0 Å². The molecule has 196 valence electrons. The van der Waals surface area contributed by atoms with Gasteiger partial charge in [-0.25, -0.2) is 14.4 Å². The van der Waals surface area contributed by atoms with Gasteiger partial charge in [-0.05, 0) is 39.3 Å². The second kappa shape index (κ2) is 13.0. The van der Waals surface area contributed by atoms with E-state index in [1.165, 1.54) is 19.1 Å². The van der Waals surface area contributed by atoms with E-state index >= 15 is 0 Å². The number of aliphatic hydroxyl groups is 1. The number of rotatable bonds is 7. The average molecular weight is 503 g/mol. The summed E-state index contributed by atoms with van der Waals surface area (Å²) >= 11 is 0. The van der Waals surface area contributed by atoms with Crippen LogP contribution in [0, 0.1) is 5.92 Å². The number of carbonyl (C=O) groups excluding carboxylic acids is 4. The molecule has 0 radical (unpaired) electrons. The van der Waals surface area contributed by atoms with Gasteiger partial charge in [0.1, 0.15) is 24.9 Å². The molecule has 0 aromatic rings. The van der Waals surface area contributed by atoms with E-state index in [1.807, 2.05) is 13.0 Å². The van der Waals surface area contributed by atoms with Crippen molar-refractivity contribution in [3.05, 3.63) is 58.7 Å². The van der Waals surface area contributed by atoms with Crippen molar-refractivity contribution in [3.63, 3.8) is 0 Å². The van der Waals surface area contributed by atoms with Gasteiger partial charge >= 0.3 is 23.9 Å². The van der Waals surface area contributed by atoms with Crippen molar-refractivity contribution in [2.24, 2.45) is 5.92 Å². The lowest BCUT2D eigenvalue weighted by atomic mass is 9.85. The molecule has 9 nitrogen and oxygen atoms in total. The summed E-state index contributed by atoms with van der Waals surface area (Å²) in [5.41, 5.74) is 1.91. The Kier molecular flexibility index (Phi) is 10.4. The van der Waals surface area contributed by atoms with E-state index in [-0.39, 0.29) is 29.7 Å². The van der Waals surface area contributed by atoms with E-state index in [2.05, 4.69) is 6.58 Å². The van der Waals surface area contributed by atoms with E-state index in [0.717, 1.165) is 5.57 Å². The lowest BCUT2D eigenvalue weighted by Gasteiger charge is -2.28. The minimum absolute atomic E-state index is 0.0712. The lowest BCUT2D eigenvalue weighted by molar-refractivity contribution is -0.149. The molecular formula is C27H34O9. The van der Waals surface area contributed by atoms with Crippen LogP contribution in [0.5, 0.6) is 0 Å². The molecule has 0 amide bonds. The number of aliphatic hydroxyl groups excluding tert-OH is 1. The molecule has 1 heterocycles. The third-order valence-electron chi connectivity index (χ3n) is 6.12. The molecule has 1 aliphatic heterocycles. The summed E-state index contributed by atoms with van der Waals surface area (Å²) < 4.78 is 21.9. The van der Waals surface area contributed by atoms with Gasteiger partial charge in [0.2, 0.25) is 0 Å². The first kappa shape index (κ1) is 28.8. The first-order valence-corrected chi connectivity index (χ1v) is 11.7. The molecule has 0 spiro atoms. The van der Waals surface area contributed by atoms with Gasteiger partial charge in [0.05, 0.1) is 23.7 Å². The second-order valence-corrected chi connectivity index (χ2v) is 8.73. The molecule has 1 aliphatic carbocycles. The summed E-state index contributed by atoms with van der Waals surface area (Å²) in [6.07, 6.45) is 5.13. The van der Waals surface area contributed by atoms with Crippen molar-refractivity contribution in [2.45, 2.75) is 65.8 Å². The van der Waals surface area contributed by atoms with Crippen molar-refractivity contribution in [2.75, 3.05) is 13.2 Å². The summed E-state index contributed by atoms with van der Waals surface area (Å²) in [5.74, 6) is -3.14. The monoisotopic (exact) mass is 502 g/mol. The Morgan fingerprint density at radius 1 is 1.14 bits per heavy atom. The zero-order chi connectivity index (χ0) is 27.0. The first-order chi connectivity index (χ1) is 17.0. The molecule has 1 fully saturated rings. The van der Waals surface area contributed by atoms with Crippen LogP contribution in [0.4, 0.5) is 0 Å². The summed E-state index contributed by atoms with van der Waals surface area (Å²) in [7, 11) is 0. The second-order valence-electron chi connectivity index (χ2n) is 8.73. The molecule has 4 atom stereocenters. The van der Waals surface area contributed by atoms with Crippen LogP contribution in [-0.2, 0) is 38.1 Å². The van der Waals surface area contributed by atoms with Crippen LogP contribution in [0.25, 0.3) is 0 Å². The maximum atomic E-state index is 13.0. The zero-order valence-corrected chi connectivity index (χ0v) is 21.4. The van der Waals surface area contributed by atoms with Crippen molar-refractivity contribution in [1.82, 2.24) is 0 Å². The number of hydrogen-bond acceptors (Lipinski definition) is 9. The Balaban J connectivity index is 2.30. The molecule has 0 bridgehead atoms. The highest BCUT2D eigenvalue weighted by Crippen LogP contribution is 2.36. The number of carbonyl (C=O) groups is 4. The smallest absolute Gasteiger partial charge is 0.337 e. The fourth-order valence-corrected chi connectivity index (χ4v) is 4.01. The molecule has 1 N–H and O–H groups in total. The third-order valence-corrected chi connectivity index (χ3v) is 6.12. The molecule has 0 aromatic carbocycles. The van der Waals surface area contributed by atoms with E-state index in [1.54, 1.807) is 26.8 Å². The summed E-state index contributed by atoms with van der Waals surface area (Å²) in [6, 6.07) is 0. The van der Waals surface area contributed by atoms with Gasteiger partial charge < -0.3 is 24.1 Å². The third kappa shape index (κ3) is 7.27. The predicted octanol–water partition coefficient (Wildman–Crippen LogP) is 3.04. The van der Waals surface area contributed by atoms with Crippen LogP contribution in [0.15, 0.2) is 58.7 Å². The van der Waals surface area contributed by atoms with Crippen LogP contribution in [0.3, 0.4) is 0 Å². The van der Waals surface area contributed by atoms with Gasteiger partial charge in [-0.3, -0.25) is 4.79 Å². The van der Waals surface area contributed by atoms with Gasteiger partial charge in [0.25, 0.3) is 0 Å². The standard InChI is InChI=1S/C27H34O9/c1-7-19(13-28)26(31)33-14-20(8-2)27(32)36-22-11-15(3)9-10-21(34-18(6)29)16(4)12-23-24(22)17(5)25(30)35-23/h7-9,12,21-24,28H,5,10-11,13-14H2,1-4,6H3/b15-9?,16-12?,19-7+,20-8+/t21-,22+,23-,24+/m0/s1. The highest BCUT2D eigenvalue weighted by molar-refractivity contribution is 5.93. The van der Waals surface area contributed by atoms with E-state index in [0.29, 0.717) is 12.0 Å². The number of ether oxygens (including phenoxy) is 4. The Morgan fingerprint density at radius 2 is 1.81 bits per heavy atom. The van der Waals surface area contributed by atoms with Crippen molar-refractivity contribution in [1.29, 1.82) is 0 Å². The Hall–Kier alpha value is -3.46. The molecular weight excluding hydrogens is 468 g/mol. The normalized spacial score (nSPS) is 25.2. The van der Waals surface area contributed by atoms with Crippen LogP contribution >= 0.6 is 0 Å². The topological polar surface area (TPSA) is 125 Å². The van der Waals surface area contributed by atoms with Gasteiger partial charge in [0.15, 0.2) is 0 Å². The van der Waals surface area contributed by atoms with Crippen molar-refractivity contribution < 1.29 is 43.2 Å². The van der Waals surface area contributed by atoms with Gasteiger partial charge in [-0.15, -0.1) is 0 Å². The lowest BCUT2D eigenvalue weighted by Crippen LogP contribution is -2.35. The highest BCUT2D eigenvalue weighted by Gasteiger charge is 2.45. The molecule has 0 unspecified atom stereocenters. The minimum atomic E-state index is -0.791.